The minimum absolute atomic E-state index is 0.0109. The van der Waals surface area contributed by atoms with Gasteiger partial charge in [-0.15, -0.1) is 0 Å². The van der Waals surface area contributed by atoms with Crippen molar-refractivity contribution in [2.45, 2.75) is 24.5 Å². The van der Waals surface area contributed by atoms with Crippen LogP contribution in [0.5, 0.6) is 0 Å². The molecule has 0 spiro atoms. The Kier molecular flexibility index (Phi) is 4.20. The third kappa shape index (κ3) is 2.95. The van der Waals surface area contributed by atoms with Crippen molar-refractivity contribution < 1.29 is 25.3 Å². The smallest absolute Gasteiger partial charge is 0.157 e. The van der Waals surface area contributed by atoms with Crippen molar-refractivity contribution in [2.75, 3.05) is 17.2 Å². The van der Waals surface area contributed by atoms with Gasteiger partial charge in [0.05, 0.1) is 12.3 Å². The summed E-state index contributed by atoms with van der Waals surface area (Å²) >= 11 is 0. The Hall–Kier alpha value is -1.42. The van der Waals surface area contributed by atoms with E-state index in [4.69, 9.17) is 15.1 Å². The zero-order valence-electron chi connectivity index (χ0n) is 9.88. The van der Waals surface area contributed by atoms with Gasteiger partial charge in [-0.3, -0.25) is 5.21 Å². The van der Waals surface area contributed by atoms with Gasteiger partial charge in [0.1, 0.15) is 18.3 Å². The first-order valence-electron chi connectivity index (χ1n) is 5.68. The van der Waals surface area contributed by atoms with Crippen molar-refractivity contribution in [3.63, 3.8) is 0 Å². The van der Waals surface area contributed by atoms with E-state index in [0.29, 0.717) is 5.69 Å². The minimum Gasteiger partial charge on any atom is -0.733 e. The van der Waals surface area contributed by atoms with Gasteiger partial charge in [-0.1, -0.05) is 6.07 Å². The number of hydrogen-bond acceptors (Lipinski definition) is 8. The van der Waals surface area contributed by atoms with Crippen LogP contribution in [-0.2, 0) is 4.74 Å². The zero-order valence-corrected chi connectivity index (χ0v) is 9.88. The molecule has 1 aliphatic rings. The molecule has 1 unspecified atom stereocenters. The first-order chi connectivity index (χ1) is 9.02. The number of anilines is 2. The molecule has 1 fully saturated rings. The van der Waals surface area contributed by atoms with E-state index in [9.17, 15) is 15.4 Å². The molecular formula is C11H15N2O6-. The van der Waals surface area contributed by atoms with E-state index in [0.717, 1.165) is 0 Å². The molecule has 1 aromatic carbocycles. The molecule has 0 bridgehead atoms. The molecule has 1 aromatic rings. The summed E-state index contributed by atoms with van der Waals surface area (Å²) < 4.78 is 5.22. The van der Waals surface area contributed by atoms with E-state index in [1.807, 2.05) is 0 Å². The van der Waals surface area contributed by atoms with Gasteiger partial charge in [0, 0.05) is 5.69 Å². The Labute approximate surface area is 109 Å². The van der Waals surface area contributed by atoms with Crippen molar-refractivity contribution in [3.05, 3.63) is 29.5 Å². The highest BCUT2D eigenvalue weighted by Gasteiger charge is 2.42. The van der Waals surface area contributed by atoms with Gasteiger partial charge < -0.3 is 35.8 Å². The maximum Gasteiger partial charge on any atom is 0.157 e. The van der Waals surface area contributed by atoms with Crippen LogP contribution in [0.2, 0.25) is 0 Å². The van der Waals surface area contributed by atoms with Crippen molar-refractivity contribution in [1.29, 1.82) is 0 Å². The molecule has 106 valence electrons. The van der Waals surface area contributed by atoms with Gasteiger partial charge in [-0.2, -0.15) is 0 Å². The third-order valence-electron chi connectivity index (χ3n) is 2.92. The Morgan fingerprint density at radius 1 is 1.32 bits per heavy atom. The molecule has 0 aromatic heterocycles. The quantitative estimate of drug-likeness (QED) is 0.452. The molecule has 8 nitrogen and oxygen atoms in total. The summed E-state index contributed by atoms with van der Waals surface area (Å²) in [6, 6.07) is 5.87. The molecular weight excluding hydrogens is 256 g/mol. The Bertz CT molecular complexity index is 429. The number of benzene rings is 1. The van der Waals surface area contributed by atoms with Gasteiger partial charge in [-0.05, 0) is 18.2 Å². The number of nitrogens with one attached hydrogen (secondary N) is 1. The predicted molar refractivity (Wildman–Crippen MR) is 65.5 cm³/mol. The van der Waals surface area contributed by atoms with Crippen LogP contribution in [0.15, 0.2) is 24.3 Å². The van der Waals surface area contributed by atoms with Gasteiger partial charge >= 0.3 is 0 Å². The zero-order chi connectivity index (χ0) is 14.0. The van der Waals surface area contributed by atoms with Crippen LogP contribution in [0.25, 0.3) is 0 Å². The van der Waals surface area contributed by atoms with Crippen molar-refractivity contribution >= 4 is 11.4 Å². The summed E-state index contributed by atoms with van der Waals surface area (Å²) in [6.45, 7) is -0.415. The van der Waals surface area contributed by atoms with Crippen LogP contribution in [-0.4, -0.2) is 51.7 Å². The fourth-order valence-corrected chi connectivity index (χ4v) is 1.90. The molecule has 1 saturated heterocycles. The Balaban J connectivity index is 2.07. The lowest BCUT2D eigenvalue weighted by Gasteiger charge is -2.23. The second kappa shape index (κ2) is 5.70. The molecule has 0 saturated carbocycles. The monoisotopic (exact) mass is 271 g/mol. The summed E-state index contributed by atoms with van der Waals surface area (Å²) in [6.07, 6.45) is -4.19. The highest BCUT2D eigenvalue weighted by atomic mass is 16.8. The first kappa shape index (κ1) is 14.0. The number of ether oxygens (including phenoxy) is 1. The molecule has 19 heavy (non-hydrogen) atoms. The van der Waals surface area contributed by atoms with Crippen LogP contribution in [0.4, 0.5) is 11.4 Å². The SMILES string of the molecule is [O-]N(O)c1cccc(NC2O[C@H](CO)[C@@H](O)[C@H]2O)c1. The topological polar surface area (TPSA) is 128 Å². The highest BCUT2D eigenvalue weighted by Crippen LogP contribution is 2.24. The summed E-state index contributed by atoms with van der Waals surface area (Å²) in [7, 11) is 0. The van der Waals surface area contributed by atoms with Crippen LogP contribution < -0.4 is 10.5 Å². The maximum atomic E-state index is 10.7. The lowest BCUT2D eigenvalue weighted by Crippen LogP contribution is -2.36. The van der Waals surface area contributed by atoms with Crippen molar-refractivity contribution in [3.8, 4) is 0 Å². The normalized spacial score (nSPS) is 30.4. The maximum absolute atomic E-state index is 10.7. The van der Waals surface area contributed by atoms with Gasteiger partial charge in [0.25, 0.3) is 0 Å². The summed E-state index contributed by atoms with van der Waals surface area (Å²) in [4.78, 5) is 0. The molecule has 1 heterocycles. The average Bonchev–Trinajstić information content (AvgIpc) is 2.67. The highest BCUT2D eigenvalue weighted by molar-refractivity contribution is 5.57. The molecule has 0 amide bonds. The van der Waals surface area contributed by atoms with Gasteiger partial charge in [0.2, 0.25) is 0 Å². The Morgan fingerprint density at radius 2 is 2.05 bits per heavy atom. The molecule has 1 aliphatic heterocycles. The fraction of sp³-hybridized carbons (Fsp3) is 0.455. The Morgan fingerprint density at radius 3 is 2.63 bits per heavy atom. The van der Waals surface area contributed by atoms with Crippen LogP contribution in [0.3, 0.4) is 0 Å². The number of nitrogens with zero attached hydrogens (tertiary/aromatic N) is 1. The second-order valence-corrected chi connectivity index (χ2v) is 4.23. The van der Waals surface area contributed by atoms with E-state index in [-0.39, 0.29) is 10.9 Å². The van der Waals surface area contributed by atoms with Crippen molar-refractivity contribution in [1.82, 2.24) is 0 Å². The lowest BCUT2D eigenvalue weighted by molar-refractivity contribution is -0.0153. The van der Waals surface area contributed by atoms with Crippen LogP contribution in [0.1, 0.15) is 0 Å². The van der Waals surface area contributed by atoms with Gasteiger partial charge in [-0.25, -0.2) is 0 Å². The largest absolute Gasteiger partial charge is 0.733 e. The third-order valence-corrected chi connectivity index (χ3v) is 2.92. The number of rotatable bonds is 4. The van der Waals surface area contributed by atoms with Gasteiger partial charge in [0.15, 0.2) is 6.23 Å². The molecule has 0 aliphatic carbocycles. The first-order valence-corrected chi connectivity index (χ1v) is 5.68. The number of hydrogen-bond donors (Lipinski definition) is 5. The molecule has 0 radical (unpaired) electrons. The van der Waals surface area contributed by atoms with E-state index >= 15 is 0 Å². The molecule has 8 heteroatoms. The van der Waals surface area contributed by atoms with E-state index in [1.54, 1.807) is 6.07 Å². The molecule has 5 N–H and O–H groups in total. The lowest BCUT2D eigenvalue weighted by atomic mass is 10.1. The molecule has 4 atom stereocenters. The standard InChI is InChI=1S/C11H15N2O6/c14-5-8-9(15)10(16)11(19-8)12-6-2-1-3-7(4-6)13(17)18/h1-4,8-12,14-17H,5H2/q-1/t8-,9-,10-,11?/m1/s1. The second-order valence-electron chi connectivity index (χ2n) is 4.23. The number of aliphatic hydroxyl groups is 3. The fourth-order valence-electron chi connectivity index (χ4n) is 1.90. The number of aliphatic hydroxyl groups excluding tert-OH is 3. The summed E-state index contributed by atoms with van der Waals surface area (Å²) in [5, 5.41) is 50.2. The van der Waals surface area contributed by atoms with Crippen LogP contribution in [0, 0.1) is 5.21 Å². The van der Waals surface area contributed by atoms with Crippen molar-refractivity contribution in [2.24, 2.45) is 0 Å². The molecule has 2 rings (SSSR count). The van der Waals surface area contributed by atoms with Crippen LogP contribution >= 0.6 is 0 Å². The average molecular weight is 271 g/mol. The predicted octanol–water partition coefficient (Wildman–Crippen LogP) is -0.769. The summed E-state index contributed by atoms with van der Waals surface area (Å²) in [5.41, 5.74) is 0.430. The van der Waals surface area contributed by atoms with E-state index in [2.05, 4.69) is 5.32 Å². The van der Waals surface area contributed by atoms with E-state index in [1.165, 1.54) is 18.2 Å². The summed E-state index contributed by atoms with van der Waals surface area (Å²) in [5.74, 6) is 0. The minimum atomic E-state index is -1.21. The van der Waals surface area contributed by atoms with E-state index < -0.39 is 31.1 Å².